The van der Waals surface area contributed by atoms with Gasteiger partial charge < -0.3 is 15.0 Å². The van der Waals surface area contributed by atoms with E-state index >= 15 is 0 Å². The first kappa shape index (κ1) is 19.9. The molecule has 1 aromatic heterocycles. The van der Waals surface area contributed by atoms with Crippen LogP contribution in [0.1, 0.15) is 22.9 Å². The molecule has 146 valence electrons. The molecular weight excluding hydrogens is 358 g/mol. The monoisotopic (exact) mass is 387 g/mol. The van der Waals surface area contributed by atoms with Crippen molar-refractivity contribution in [1.82, 2.24) is 15.1 Å². The summed E-state index contributed by atoms with van der Waals surface area (Å²) < 4.78 is 5.17. The normalized spacial score (nSPS) is 16.8. The van der Waals surface area contributed by atoms with Crippen molar-refractivity contribution in [2.75, 3.05) is 46.9 Å². The molecule has 5 nitrogen and oxygen atoms in total. The van der Waals surface area contributed by atoms with Gasteiger partial charge in [0, 0.05) is 44.0 Å². The number of aryl methyl sites for hydroxylation is 1. The predicted molar refractivity (Wildman–Crippen MR) is 110 cm³/mol. The molecule has 3 rings (SSSR count). The molecule has 1 aromatic carbocycles. The van der Waals surface area contributed by atoms with E-state index in [1.807, 2.05) is 24.3 Å². The van der Waals surface area contributed by atoms with Crippen molar-refractivity contribution < 1.29 is 9.53 Å². The van der Waals surface area contributed by atoms with Crippen molar-refractivity contribution in [3.63, 3.8) is 0 Å². The van der Waals surface area contributed by atoms with Crippen molar-refractivity contribution in [2.45, 2.75) is 18.9 Å². The van der Waals surface area contributed by atoms with Crippen LogP contribution >= 0.6 is 11.3 Å². The summed E-state index contributed by atoms with van der Waals surface area (Å²) in [7, 11) is 3.82. The van der Waals surface area contributed by atoms with Gasteiger partial charge in [-0.3, -0.25) is 9.69 Å². The van der Waals surface area contributed by atoms with Crippen LogP contribution in [0.25, 0.3) is 0 Å². The Bertz CT molecular complexity index is 695. The molecule has 6 heteroatoms. The quantitative estimate of drug-likeness (QED) is 0.757. The largest absolute Gasteiger partial charge is 0.497 e. The third-order valence-corrected chi connectivity index (χ3v) is 6.12. The van der Waals surface area contributed by atoms with Crippen LogP contribution in [0.2, 0.25) is 0 Å². The number of likely N-dealkylation sites (N-methyl/N-ethyl adjacent to an activating group) is 1. The lowest BCUT2D eigenvalue weighted by Gasteiger charge is -2.37. The van der Waals surface area contributed by atoms with Crippen molar-refractivity contribution in [2.24, 2.45) is 0 Å². The number of thiophene rings is 1. The molecule has 0 aliphatic carbocycles. The topological polar surface area (TPSA) is 44.8 Å². The van der Waals surface area contributed by atoms with E-state index in [1.165, 1.54) is 4.88 Å². The molecule has 2 aromatic rings. The van der Waals surface area contributed by atoms with Gasteiger partial charge in [-0.15, -0.1) is 11.3 Å². The average molecular weight is 388 g/mol. The summed E-state index contributed by atoms with van der Waals surface area (Å²) in [6.45, 7) is 4.91. The minimum absolute atomic E-state index is 0.113. The Kier molecular flexibility index (Phi) is 7.26. The number of hydrogen-bond donors (Lipinski definition) is 1. The highest BCUT2D eigenvalue weighted by Crippen LogP contribution is 2.25. The van der Waals surface area contributed by atoms with Crippen LogP contribution in [-0.2, 0) is 11.2 Å². The summed E-state index contributed by atoms with van der Waals surface area (Å²) >= 11 is 1.77. The maximum absolute atomic E-state index is 12.4. The number of methoxy groups -OCH3 is 1. The number of benzene rings is 1. The summed E-state index contributed by atoms with van der Waals surface area (Å²) in [5, 5.41) is 5.28. The van der Waals surface area contributed by atoms with Gasteiger partial charge in [-0.1, -0.05) is 18.2 Å². The highest BCUT2D eigenvalue weighted by atomic mass is 32.1. The predicted octanol–water partition coefficient (Wildman–Crippen LogP) is 2.79. The summed E-state index contributed by atoms with van der Waals surface area (Å²) in [5.41, 5.74) is 1.15. The summed E-state index contributed by atoms with van der Waals surface area (Å²) in [5.74, 6) is 0.954. The molecule has 0 bridgehead atoms. The third kappa shape index (κ3) is 5.79. The molecule has 0 saturated carbocycles. The Labute approximate surface area is 165 Å². The van der Waals surface area contributed by atoms with E-state index in [2.05, 4.69) is 39.7 Å². The SMILES string of the molecule is COc1ccc(CCC(=O)NC[C@@H](c2cccs2)N2CCN(C)CC2)cc1. The van der Waals surface area contributed by atoms with Crippen LogP contribution in [-0.4, -0.2) is 62.6 Å². The minimum Gasteiger partial charge on any atom is -0.497 e. The molecule has 1 fully saturated rings. The first-order valence-corrected chi connectivity index (χ1v) is 10.4. The van der Waals surface area contributed by atoms with Gasteiger partial charge in [-0.05, 0) is 42.6 Å². The smallest absolute Gasteiger partial charge is 0.220 e. The number of carbonyl (C=O) groups excluding carboxylic acids is 1. The fourth-order valence-corrected chi connectivity index (χ4v) is 4.23. The highest BCUT2D eigenvalue weighted by molar-refractivity contribution is 7.10. The van der Waals surface area contributed by atoms with Crippen LogP contribution in [0.3, 0.4) is 0 Å². The number of hydrogen-bond acceptors (Lipinski definition) is 5. The second-order valence-corrected chi connectivity index (χ2v) is 8.00. The Hall–Kier alpha value is -1.89. The number of carbonyl (C=O) groups is 1. The zero-order chi connectivity index (χ0) is 19.1. The van der Waals surface area contributed by atoms with Crippen molar-refractivity contribution >= 4 is 17.2 Å². The second-order valence-electron chi connectivity index (χ2n) is 7.02. The molecule has 2 heterocycles. The van der Waals surface area contributed by atoms with Crippen molar-refractivity contribution in [3.05, 3.63) is 52.2 Å². The number of piperazine rings is 1. The van der Waals surface area contributed by atoms with Gasteiger partial charge in [0.05, 0.1) is 13.2 Å². The summed E-state index contributed by atoms with van der Waals surface area (Å²) in [6, 6.07) is 12.4. The molecule has 0 unspecified atom stereocenters. The molecule has 0 spiro atoms. The maximum Gasteiger partial charge on any atom is 0.220 e. The number of rotatable bonds is 8. The molecule has 1 aliphatic heterocycles. The molecule has 1 atom stereocenters. The van der Waals surface area contributed by atoms with Gasteiger partial charge in [0.1, 0.15) is 5.75 Å². The first-order valence-electron chi connectivity index (χ1n) is 9.51. The van der Waals surface area contributed by atoms with E-state index < -0.39 is 0 Å². The van der Waals surface area contributed by atoms with E-state index in [4.69, 9.17) is 4.74 Å². The molecule has 27 heavy (non-hydrogen) atoms. The van der Waals surface area contributed by atoms with Gasteiger partial charge in [0.15, 0.2) is 0 Å². The van der Waals surface area contributed by atoms with Crippen LogP contribution < -0.4 is 10.1 Å². The second kappa shape index (κ2) is 9.88. The number of nitrogens with one attached hydrogen (secondary N) is 1. The maximum atomic E-state index is 12.4. The highest BCUT2D eigenvalue weighted by Gasteiger charge is 2.25. The van der Waals surface area contributed by atoms with Gasteiger partial charge in [-0.2, -0.15) is 0 Å². The van der Waals surface area contributed by atoms with Gasteiger partial charge in [0.25, 0.3) is 0 Å². The Morgan fingerprint density at radius 2 is 1.93 bits per heavy atom. The zero-order valence-corrected chi connectivity index (χ0v) is 17.0. The number of amides is 1. The Morgan fingerprint density at radius 1 is 1.19 bits per heavy atom. The number of nitrogens with zero attached hydrogens (tertiary/aromatic N) is 2. The fraction of sp³-hybridized carbons (Fsp3) is 0.476. The third-order valence-electron chi connectivity index (χ3n) is 5.14. The molecule has 1 N–H and O–H groups in total. The summed E-state index contributed by atoms with van der Waals surface area (Å²) in [4.78, 5) is 18.6. The molecular formula is C21H29N3O2S. The van der Waals surface area contributed by atoms with E-state index in [9.17, 15) is 4.79 Å². The van der Waals surface area contributed by atoms with E-state index in [0.717, 1.165) is 43.9 Å². The lowest BCUT2D eigenvalue weighted by Crippen LogP contribution is -2.48. The van der Waals surface area contributed by atoms with Crippen molar-refractivity contribution in [3.8, 4) is 5.75 Å². The standard InChI is InChI=1S/C21H29N3O2S/c1-23-11-13-24(14-12-23)19(20-4-3-15-27-20)16-22-21(25)10-7-17-5-8-18(26-2)9-6-17/h3-6,8-9,15,19H,7,10-14,16H2,1-2H3,(H,22,25)/t19-/m0/s1. The van der Waals surface area contributed by atoms with Crippen LogP contribution in [0.15, 0.2) is 41.8 Å². The Morgan fingerprint density at radius 3 is 2.56 bits per heavy atom. The average Bonchev–Trinajstić information content (AvgIpc) is 3.23. The molecule has 1 aliphatic rings. The minimum atomic E-state index is 0.113. The number of ether oxygens (including phenoxy) is 1. The lowest BCUT2D eigenvalue weighted by atomic mass is 10.1. The van der Waals surface area contributed by atoms with Crippen LogP contribution in [0, 0.1) is 0 Å². The van der Waals surface area contributed by atoms with E-state index in [-0.39, 0.29) is 11.9 Å². The van der Waals surface area contributed by atoms with Gasteiger partial charge >= 0.3 is 0 Å². The Balaban J connectivity index is 1.51. The van der Waals surface area contributed by atoms with Crippen LogP contribution in [0.4, 0.5) is 0 Å². The van der Waals surface area contributed by atoms with E-state index in [0.29, 0.717) is 13.0 Å². The lowest BCUT2D eigenvalue weighted by molar-refractivity contribution is -0.121. The fourth-order valence-electron chi connectivity index (χ4n) is 3.37. The van der Waals surface area contributed by atoms with Gasteiger partial charge in [0.2, 0.25) is 5.91 Å². The van der Waals surface area contributed by atoms with Crippen molar-refractivity contribution in [1.29, 1.82) is 0 Å². The molecule has 1 amide bonds. The molecule has 1 saturated heterocycles. The summed E-state index contributed by atoms with van der Waals surface area (Å²) in [6.07, 6.45) is 1.25. The van der Waals surface area contributed by atoms with Gasteiger partial charge in [-0.25, -0.2) is 0 Å². The zero-order valence-electron chi connectivity index (χ0n) is 16.2. The van der Waals surface area contributed by atoms with Crippen LogP contribution in [0.5, 0.6) is 5.75 Å². The van der Waals surface area contributed by atoms with E-state index in [1.54, 1.807) is 18.4 Å². The first-order chi connectivity index (χ1) is 13.2. The molecule has 0 radical (unpaired) electrons.